The Bertz CT molecular complexity index is 237. The van der Waals surface area contributed by atoms with Gasteiger partial charge in [0.2, 0.25) is 11.8 Å². The molecule has 0 spiro atoms. The van der Waals surface area contributed by atoms with E-state index in [1.165, 1.54) is 0 Å². The van der Waals surface area contributed by atoms with Gasteiger partial charge in [0.1, 0.15) is 0 Å². The molecule has 15 heavy (non-hydrogen) atoms. The van der Waals surface area contributed by atoms with Crippen LogP contribution < -0.4 is 16.4 Å². The maximum Gasteiger partial charge on any atom is 0.223 e. The predicted molar refractivity (Wildman–Crippen MR) is 57.0 cm³/mol. The third kappa shape index (κ3) is 4.29. The summed E-state index contributed by atoms with van der Waals surface area (Å²) >= 11 is 0. The summed E-state index contributed by atoms with van der Waals surface area (Å²) in [5.41, 5.74) is 5.05. The van der Waals surface area contributed by atoms with E-state index in [-0.39, 0.29) is 30.2 Å². The molecule has 1 unspecified atom stereocenters. The van der Waals surface area contributed by atoms with Crippen molar-refractivity contribution in [2.24, 2.45) is 11.7 Å². The lowest BCUT2D eigenvalue weighted by atomic mass is 9.97. The molecule has 1 saturated heterocycles. The number of carbonyl (C=O) groups is 2. The molecule has 5 nitrogen and oxygen atoms in total. The molecular formula is C10H19N3O2. The SMILES string of the molecule is CC(CC(N)=O)NC(=O)C1CCNCC1. The second-order valence-electron chi connectivity index (χ2n) is 4.10. The molecule has 0 saturated carbocycles. The first-order valence-corrected chi connectivity index (χ1v) is 5.39. The highest BCUT2D eigenvalue weighted by molar-refractivity contribution is 5.80. The van der Waals surface area contributed by atoms with Gasteiger partial charge in [-0.1, -0.05) is 0 Å². The van der Waals surface area contributed by atoms with Crippen LogP contribution in [-0.4, -0.2) is 30.9 Å². The van der Waals surface area contributed by atoms with E-state index in [2.05, 4.69) is 10.6 Å². The van der Waals surface area contributed by atoms with Gasteiger partial charge in [-0.3, -0.25) is 9.59 Å². The molecule has 86 valence electrons. The molecule has 5 heteroatoms. The Balaban J connectivity index is 2.30. The summed E-state index contributed by atoms with van der Waals surface area (Å²) in [4.78, 5) is 22.3. The molecule has 0 radical (unpaired) electrons. The molecule has 2 amide bonds. The zero-order valence-electron chi connectivity index (χ0n) is 9.08. The minimum absolute atomic E-state index is 0.0465. The number of piperidine rings is 1. The topological polar surface area (TPSA) is 84.2 Å². The number of nitrogens with two attached hydrogens (primary N) is 1. The van der Waals surface area contributed by atoms with Crippen LogP contribution in [-0.2, 0) is 9.59 Å². The minimum atomic E-state index is -0.381. The highest BCUT2D eigenvalue weighted by Gasteiger charge is 2.22. The summed E-state index contributed by atoms with van der Waals surface area (Å²) in [6.07, 6.45) is 1.95. The second-order valence-corrected chi connectivity index (χ2v) is 4.10. The van der Waals surface area contributed by atoms with Gasteiger partial charge >= 0.3 is 0 Å². The van der Waals surface area contributed by atoms with Gasteiger partial charge in [0, 0.05) is 18.4 Å². The summed E-state index contributed by atoms with van der Waals surface area (Å²) in [6.45, 7) is 3.58. The average Bonchev–Trinajstić information content (AvgIpc) is 2.17. The Hall–Kier alpha value is -1.10. The van der Waals surface area contributed by atoms with Crippen LogP contribution >= 0.6 is 0 Å². The molecule has 1 atom stereocenters. The van der Waals surface area contributed by atoms with Crippen molar-refractivity contribution in [1.29, 1.82) is 0 Å². The van der Waals surface area contributed by atoms with Crippen LogP contribution in [0.4, 0.5) is 0 Å². The first-order valence-electron chi connectivity index (χ1n) is 5.39. The summed E-state index contributed by atoms with van der Waals surface area (Å²) in [7, 11) is 0. The molecule has 1 heterocycles. The zero-order chi connectivity index (χ0) is 11.3. The fraction of sp³-hybridized carbons (Fsp3) is 0.800. The largest absolute Gasteiger partial charge is 0.370 e. The smallest absolute Gasteiger partial charge is 0.223 e. The fourth-order valence-corrected chi connectivity index (χ4v) is 1.80. The highest BCUT2D eigenvalue weighted by atomic mass is 16.2. The normalized spacial score (nSPS) is 19.5. The molecule has 0 aliphatic carbocycles. The molecular weight excluding hydrogens is 194 g/mol. The van der Waals surface area contributed by atoms with Crippen molar-refractivity contribution in [1.82, 2.24) is 10.6 Å². The van der Waals surface area contributed by atoms with Gasteiger partial charge in [-0.15, -0.1) is 0 Å². The van der Waals surface area contributed by atoms with Gasteiger partial charge in [-0.2, -0.15) is 0 Å². The van der Waals surface area contributed by atoms with Crippen molar-refractivity contribution < 1.29 is 9.59 Å². The van der Waals surface area contributed by atoms with E-state index in [1.807, 2.05) is 0 Å². The molecule has 1 fully saturated rings. The van der Waals surface area contributed by atoms with E-state index in [4.69, 9.17) is 5.73 Å². The molecule has 4 N–H and O–H groups in total. The molecule has 0 aromatic rings. The average molecular weight is 213 g/mol. The van der Waals surface area contributed by atoms with Gasteiger partial charge < -0.3 is 16.4 Å². The number of primary amides is 1. The predicted octanol–water partition coefficient (Wildman–Crippen LogP) is -0.634. The lowest BCUT2D eigenvalue weighted by Gasteiger charge is -2.23. The monoisotopic (exact) mass is 213 g/mol. The Labute approximate surface area is 89.8 Å². The molecule has 1 aliphatic heterocycles. The van der Waals surface area contributed by atoms with Crippen LogP contribution in [0, 0.1) is 5.92 Å². The van der Waals surface area contributed by atoms with E-state index in [0.29, 0.717) is 0 Å². The van der Waals surface area contributed by atoms with E-state index in [1.54, 1.807) is 6.92 Å². The minimum Gasteiger partial charge on any atom is -0.370 e. The second kappa shape index (κ2) is 5.70. The van der Waals surface area contributed by atoms with Crippen molar-refractivity contribution in [2.45, 2.75) is 32.2 Å². The fourth-order valence-electron chi connectivity index (χ4n) is 1.80. The lowest BCUT2D eigenvalue weighted by molar-refractivity contribution is -0.126. The van der Waals surface area contributed by atoms with Crippen LogP contribution in [0.3, 0.4) is 0 Å². The van der Waals surface area contributed by atoms with Gasteiger partial charge in [0.05, 0.1) is 0 Å². The van der Waals surface area contributed by atoms with Crippen LogP contribution in [0.5, 0.6) is 0 Å². The van der Waals surface area contributed by atoms with Gasteiger partial charge in [0.25, 0.3) is 0 Å². The molecule has 1 aliphatic rings. The van der Waals surface area contributed by atoms with Crippen LogP contribution in [0.1, 0.15) is 26.2 Å². The van der Waals surface area contributed by atoms with Crippen LogP contribution in [0.15, 0.2) is 0 Å². The lowest BCUT2D eigenvalue weighted by Crippen LogP contribution is -2.42. The van der Waals surface area contributed by atoms with Crippen molar-refractivity contribution in [3.63, 3.8) is 0 Å². The Morgan fingerprint density at radius 3 is 2.60 bits per heavy atom. The number of hydrogen-bond donors (Lipinski definition) is 3. The third-order valence-electron chi connectivity index (χ3n) is 2.61. The van der Waals surface area contributed by atoms with E-state index < -0.39 is 0 Å². The number of hydrogen-bond acceptors (Lipinski definition) is 3. The number of carbonyl (C=O) groups excluding carboxylic acids is 2. The molecule has 1 rings (SSSR count). The number of nitrogens with one attached hydrogen (secondary N) is 2. The van der Waals surface area contributed by atoms with Crippen molar-refractivity contribution in [2.75, 3.05) is 13.1 Å². The Kier molecular flexibility index (Phi) is 4.55. The van der Waals surface area contributed by atoms with E-state index >= 15 is 0 Å². The first-order chi connectivity index (χ1) is 7.09. The summed E-state index contributed by atoms with van der Waals surface area (Å²) in [5.74, 6) is -0.250. The Morgan fingerprint density at radius 1 is 1.47 bits per heavy atom. The highest BCUT2D eigenvalue weighted by Crippen LogP contribution is 2.11. The van der Waals surface area contributed by atoms with Crippen molar-refractivity contribution in [3.8, 4) is 0 Å². The summed E-state index contributed by atoms with van der Waals surface area (Å²) in [5, 5.41) is 6.01. The molecule has 0 aromatic carbocycles. The van der Waals surface area contributed by atoms with Crippen molar-refractivity contribution >= 4 is 11.8 Å². The maximum absolute atomic E-state index is 11.7. The van der Waals surface area contributed by atoms with E-state index in [9.17, 15) is 9.59 Å². The molecule has 0 bridgehead atoms. The molecule has 0 aromatic heterocycles. The number of amides is 2. The van der Waals surface area contributed by atoms with Crippen LogP contribution in [0.25, 0.3) is 0 Å². The van der Waals surface area contributed by atoms with Crippen LogP contribution in [0.2, 0.25) is 0 Å². The van der Waals surface area contributed by atoms with E-state index in [0.717, 1.165) is 25.9 Å². The van der Waals surface area contributed by atoms with Gasteiger partial charge in [-0.05, 0) is 32.9 Å². The van der Waals surface area contributed by atoms with Gasteiger partial charge in [-0.25, -0.2) is 0 Å². The van der Waals surface area contributed by atoms with Crippen molar-refractivity contribution in [3.05, 3.63) is 0 Å². The maximum atomic E-state index is 11.7. The standard InChI is InChI=1S/C10H19N3O2/c1-7(6-9(11)14)13-10(15)8-2-4-12-5-3-8/h7-8,12H,2-6H2,1H3,(H2,11,14)(H,13,15). The Morgan fingerprint density at radius 2 is 2.07 bits per heavy atom. The third-order valence-corrected chi connectivity index (χ3v) is 2.61. The number of rotatable bonds is 4. The first kappa shape index (κ1) is 12.0. The summed E-state index contributed by atoms with van der Waals surface area (Å²) in [6, 6.07) is -0.162. The quantitative estimate of drug-likeness (QED) is 0.581. The zero-order valence-corrected chi connectivity index (χ0v) is 9.08. The summed E-state index contributed by atoms with van der Waals surface area (Å²) < 4.78 is 0. The van der Waals surface area contributed by atoms with Gasteiger partial charge in [0.15, 0.2) is 0 Å².